The van der Waals surface area contributed by atoms with Gasteiger partial charge in [0.05, 0.1) is 19.1 Å². The second-order valence-corrected chi connectivity index (χ2v) is 9.98. The average Bonchev–Trinajstić information content (AvgIpc) is 3.24. The molecule has 2 heterocycles. The van der Waals surface area contributed by atoms with E-state index in [1.165, 1.54) is 37.0 Å². The van der Waals surface area contributed by atoms with Gasteiger partial charge in [0.25, 0.3) is 15.6 Å². The van der Waals surface area contributed by atoms with Gasteiger partial charge in [0.15, 0.2) is 22.7 Å². The van der Waals surface area contributed by atoms with Gasteiger partial charge in [-0.15, -0.1) is 0 Å². The summed E-state index contributed by atoms with van der Waals surface area (Å²) in [7, 11) is -1.36. The van der Waals surface area contributed by atoms with E-state index in [9.17, 15) is 18.0 Å². The average molecular weight is 479 g/mol. The van der Waals surface area contributed by atoms with Crippen LogP contribution in [0.15, 0.2) is 39.0 Å². The quantitative estimate of drug-likeness (QED) is 0.440. The lowest BCUT2D eigenvalue weighted by Gasteiger charge is -2.14. The van der Waals surface area contributed by atoms with E-state index >= 15 is 0 Å². The molecule has 180 valence electrons. The zero-order chi connectivity index (χ0) is 24.3. The minimum absolute atomic E-state index is 0.0586. The Morgan fingerprint density at radius 2 is 1.73 bits per heavy atom. The molecular weight excluding hydrogens is 448 g/mol. The lowest BCUT2D eigenvalue weighted by Crippen LogP contribution is -2.41. The maximum Gasteiger partial charge on any atom is 0.332 e. The van der Waals surface area contributed by atoms with Crippen molar-refractivity contribution in [1.82, 2.24) is 18.1 Å². The number of methoxy groups -OCH3 is 2. The highest BCUT2D eigenvalue weighted by Gasteiger charge is 2.26. The molecule has 0 unspecified atom stereocenters. The van der Waals surface area contributed by atoms with Crippen LogP contribution < -0.4 is 20.7 Å². The van der Waals surface area contributed by atoms with Crippen LogP contribution in [0.2, 0.25) is 0 Å². The van der Waals surface area contributed by atoms with Gasteiger partial charge >= 0.3 is 5.69 Å². The molecule has 3 aromatic rings. The maximum absolute atomic E-state index is 13.5. The van der Waals surface area contributed by atoms with Gasteiger partial charge in [-0.25, -0.2) is 22.2 Å². The fourth-order valence-electron chi connectivity index (χ4n) is 3.54. The minimum Gasteiger partial charge on any atom is -0.493 e. The molecule has 0 radical (unpaired) electrons. The zero-order valence-corrected chi connectivity index (χ0v) is 20.4. The van der Waals surface area contributed by atoms with Gasteiger partial charge in [0, 0.05) is 19.2 Å². The summed E-state index contributed by atoms with van der Waals surface area (Å²) in [6, 6.07) is 4.17. The van der Waals surface area contributed by atoms with Crippen LogP contribution in [-0.2, 0) is 23.1 Å². The van der Waals surface area contributed by atoms with Crippen LogP contribution >= 0.6 is 0 Å². The van der Waals surface area contributed by atoms with E-state index < -0.39 is 21.3 Å². The highest BCUT2D eigenvalue weighted by Crippen LogP contribution is 2.30. The first kappa shape index (κ1) is 24.6. The molecule has 0 N–H and O–H groups in total. The predicted molar refractivity (Wildman–Crippen MR) is 125 cm³/mol. The molecule has 0 aliphatic rings. The molecule has 0 aliphatic carbocycles. The molecule has 0 saturated carbocycles. The number of nitrogens with zero attached hydrogens (tertiary/aromatic N) is 4. The van der Waals surface area contributed by atoms with Gasteiger partial charge in [-0.2, -0.15) is 0 Å². The number of hydrogen-bond donors (Lipinski definition) is 0. The SMILES string of the molecule is CCCCn1c(=O)n(CCC(C)C)c(=O)c2c1ncn2S(=O)(=O)c1ccc(OC)c(OC)c1. The molecule has 1 aromatic carbocycles. The van der Waals surface area contributed by atoms with E-state index in [2.05, 4.69) is 4.98 Å². The van der Waals surface area contributed by atoms with Crippen LogP contribution in [0.25, 0.3) is 11.2 Å². The highest BCUT2D eigenvalue weighted by molar-refractivity contribution is 7.90. The predicted octanol–water partition coefficient (Wildman–Crippen LogP) is 2.46. The molecule has 0 amide bonds. The zero-order valence-electron chi connectivity index (χ0n) is 19.6. The van der Waals surface area contributed by atoms with Crippen molar-refractivity contribution in [3.8, 4) is 11.5 Å². The van der Waals surface area contributed by atoms with Crippen molar-refractivity contribution in [1.29, 1.82) is 0 Å². The molecular formula is C22H30N4O6S. The highest BCUT2D eigenvalue weighted by atomic mass is 32.2. The van der Waals surface area contributed by atoms with Crippen molar-refractivity contribution >= 4 is 21.2 Å². The molecule has 0 bridgehead atoms. The Morgan fingerprint density at radius 3 is 2.33 bits per heavy atom. The molecule has 11 heteroatoms. The van der Waals surface area contributed by atoms with Crippen LogP contribution in [-0.4, -0.2) is 40.7 Å². The largest absolute Gasteiger partial charge is 0.493 e. The van der Waals surface area contributed by atoms with E-state index in [1.807, 2.05) is 20.8 Å². The number of aryl methyl sites for hydroxylation is 1. The van der Waals surface area contributed by atoms with Crippen LogP contribution in [0, 0.1) is 5.92 Å². The third-order valence-electron chi connectivity index (χ3n) is 5.46. The Balaban J connectivity index is 2.29. The summed E-state index contributed by atoms with van der Waals surface area (Å²) in [5.41, 5.74) is -1.24. The smallest absolute Gasteiger partial charge is 0.332 e. The van der Waals surface area contributed by atoms with Crippen LogP contribution in [0.3, 0.4) is 0 Å². The number of rotatable bonds is 10. The first-order valence-corrected chi connectivity index (χ1v) is 12.3. The number of unbranched alkanes of at least 4 members (excludes halogenated alkanes) is 1. The maximum atomic E-state index is 13.5. The second kappa shape index (κ2) is 9.82. The summed E-state index contributed by atoms with van der Waals surface area (Å²) in [6.07, 6.45) is 3.19. The Hall–Kier alpha value is -3.08. The van der Waals surface area contributed by atoms with Crippen molar-refractivity contribution in [3.05, 3.63) is 45.4 Å². The third-order valence-corrected chi connectivity index (χ3v) is 7.10. The van der Waals surface area contributed by atoms with Crippen LogP contribution in [0.1, 0.15) is 40.0 Å². The molecule has 10 nitrogen and oxygen atoms in total. The monoisotopic (exact) mass is 478 g/mol. The molecule has 33 heavy (non-hydrogen) atoms. The van der Waals surface area contributed by atoms with Crippen molar-refractivity contribution in [2.24, 2.45) is 5.92 Å². The second-order valence-electron chi connectivity index (χ2n) is 8.16. The van der Waals surface area contributed by atoms with Crippen molar-refractivity contribution < 1.29 is 17.9 Å². The molecule has 0 atom stereocenters. The van der Waals surface area contributed by atoms with Gasteiger partial charge in [-0.3, -0.25) is 13.9 Å². The van der Waals surface area contributed by atoms with E-state index in [0.717, 1.165) is 21.3 Å². The fraction of sp³-hybridized carbons (Fsp3) is 0.500. The van der Waals surface area contributed by atoms with Gasteiger partial charge in [0.1, 0.15) is 6.33 Å². The minimum atomic E-state index is -4.21. The van der Waals surface area contributed by atoms with Gasteiger partial charge in [-0.1, -0.05) is 27.2 Å². The number of hydrogen-bond acceptors (Lipinski definition) is 7. The van der Waals surface area contributed by atoms with E-state index in [0.29, 0.717) is 25.1 Å². The standard InChI is InChI=1S/C22H30N4O6S/c1-6-7-11-24-20-19(21(27)25(22(24)28)12-10-15(2)3)26(14-23-20)33(29,30)16-8-9-17(31-4)18(13-16)32-5/h8-9,13-15H,6-7,10-12H2,1-5H3. The Bertz CT molecular complexity index is 1370. The normalized spacial score (nSPS) is 11.9. The van der Waals surface area contributed by atoms with Gasteiger partial charge < -0.3 is 9.47 Å². The van der Waals surface area contributed by atoms with Crippen LogP contribution in [0.5, 0.6) is 11.5 Å². The number of ether oxygens (including phenoxy) is 2. The Morgan fingerprint density at radius 1 is 1.03 bits per heavy atom. The fourth-order valence-corrected chi connectivity index (χ4v) is 4.83. The summed E-state index contributed by atoms with van der Waals surface area (Å²) in [5.74, 6) is 0.866. The van der Waals surface area contributed by atoms with Crippen molar-refractivity contribution in [2.75, 3.05) is 14.2 Å². The molecule has 0 saturated heterocycles. The first-order valence-electron chi connectivity index (χ1n) is 10.9. The molecule has 2 aromatic heterocycles. The first-order chi connectivity index (χ1) is 15.7. The van der Waals surface area contributed by atoms with Gasteiger partial charge in [0.2, 0.25) is 0 Å². The lowest BCUT2D eigenvalue weighted by molar-refractivity contribution is 0.354. The lowest BCUT2D eigenvalue weighted by atomic mass is 10.1. The van der Waals surface area contributed by atoms with E-state index in [-0.39, 0.29) is 34.3 Å². The number of imidazole rings is 1. The number of benzene rings is 1. The summed E-state index contributed by atoms with van der Waals surface area (Å²) in [4.78, 5) is 30.5. The molecule has 0 spiro atoms. The van der Waals surface area contributed by atoms with Crippen LogP contribution in [0.4, 0.5) is 0 Å². The molecule has 0 aliphatic heterocycles. The molecule has 0 fully saturated rings. The topological polar surface area (TPSA) is 114 Å². The number of fused-ring (bicyclic) bond motifs is 1. The summed E-state index contributed by atoms with van der Waals surface area (Å²) >= 11 is 0. The van der Waals surface area contributed by atoms with Crippen molar-refractivity contribution in [3.63, 3.8) is 0 Å². The Kier molecular flexibility index (Phi) is 7.31. The van der Waals surface area contributed by atoms with E-state index in [4.69, 9.17) is 9.47 Å². The van der Waals surface area contributed by atoms with Crippen molar-refractivity contribution in [2.45, 2.75) is 58.0 Å². The summed E-state index contributed by atoms with van der Waals surface area (Å²) in [5, 5.41) is 0. The summed E-state index contributed by atoms with van der Waals surface area (Å²) < 4.78 is 40.8. The third kappa shape index (κ3) is 4.54. The summed E-state index contributed by atoms with van der Waals surface area (Å²) in [6.45, 7) is 6.49. The van der Waals surface area contributed by atoms with E-state index in [1.54, 1.807) is 0 Å². The number of aromatic nitrogens is 4. The Labute approximate surface area is 192 Å². The van der Waals surface area contributed by atoms with Gasteiger partial charge in [-0.05, 0) is 30.9 Å². The molecule has 3 rings (SSSR count).